The first kappa shape index (κ1) is 17.8. The Hall–Kier alpha value is -1.56. The van der Waals surface area contributed by atoms with Gasteiger partial charge in [-0.05, 0) is 39.7 Å². The van der Waals surface area contributed by atoms with Gasteiger partial charge in [-0.1, -0.05) is 19.3 Å². The third kappa shape index (κ3) is 4.96. The first-order valence-electron chi connectivity index (χ1n) is 8.42. The third-order valence-corrected chi connectivity index (χ3v) is 4.05. The molecule has 6 heteroatoms. The Morgan fingerprint density at radius 1 is 1.39 bits per heavy atom. The first-order valence-corrected chi connectivity index (χ1v) is 8.42. The number of ether oxygens (including phenoxy) is 1. The van der Waals surface area contributed by atoms with E-state index in [-0.39, 0.29) is 12.7 Å². The molecule has 0 unspecified atom stereocenters. The van der Waals surface area contributed by atoms with Gasteiger partial charge >= 0.3 is 6.09 Å². The number of aliphatic hydroxyl groups is 1. The van der Waals surface area contributed by atoms with Crippen molar-refractivity contribution >= 4 is 6.09 Å². The fourth-order valence-electron chi connectivity index (χ4n) is 2.97. The van der Waals surface area contributed by atoms with Crippen molar-refractivity contribution in [2.75, 3.05) is 7.05 Å². The highest BCUT2D eigenvalue weighted by molar-refractivity contribution is 5.67. The van der Waals surface area contributed by atoms with Crippen molar-refractivity contribution in [2.24, 2.45) is 0 Å². The van der Waals surface area contributed by atoms with Crippen molar-refractivity contribution in [1.82, 2.24) is 14.7 Å². The maximum absolute atomic E-state index is 12.0. The molecule has 1 heterocycles. The van der Waals surface area contributed by atoms with Crippen LogP contribution in [0.1, 0.15) is 70.3 Å². The van der Waals surface area contributed by atoms with Gasteiger partial charge in [0.2, 0.25) is 0 Å². The van der Waals surface area contributed by atoms with Crippen LogP contribution in [0.15, 0.2) is 6.07 Å². The number of amides is 1. The van der Waals surface area contributed by atoms with Crippen LogP contribution in [0.2, 0.25) is 0 Å². The van der Waals surface area contributed by atoms with E-state index < -0.39 is 5.60 Å². The zero-order valence-corrected chi connectivity index (χ0v) is 14.7. The number of rotatable bonds is 4. The lowest BCUT2D eigenvalue weighted by molar-refractivity contribution is 0.0282. The van der Waals surface area contributed by atoms with Crippen LogP contribution in [-0.2, 0) is 17.9 Å². The zero-order valence-electron chi connectivity index (χ0n) is 14.7. The summed E-state index contributed by atoms with van der Waals surface area (Å²) >= 11 is 0. The van der Waals surface area contributed by atoms with Crippen LogP contribution in [0.3, 0.4) is 0 Å². The number of carbonyl (C=O) groups excluding carboxylic acids is 1. The van der Waals surface area contributed by atoms with Gasteiger partial charge in [0.05, 0.1) is 30.6 Å². The van der Waals surface area contributed by atoms with Crippen LogP contribution >= 0.6 is 0 Å². The Kier molecular flexibility index (Phi) is 5.68. The van der Waals surface area contributed by atoms with Gasteiger partial charge in [-0.3, -0.25) is 4.68 Å². The fourth-order valence-corrected chi connectivity index (χ4v) is 2.97. The van der Waals surface area contributed by atoms with Crippen LogP contribution in [0.5, 0.6) is 0 Å². The van der Waals surface area contributed by atoms with Gasteiger partial charge in [0, 0.05) is 7.05 Å². The molecule has 6 nitrogen and oxygen atoms in total. The quantitative estimate of drug-likeness (QED) is 0.923. The topological polar surface area (TPSA) is 67.6 Å². The normalized spacial score (nSPS) is 16.4. The fraction of sp³-hybridized carbons (Fsp3) is 0.765. The van der Waals surface area contributed by atoms with Crippen molar-refractivity contribution in [3.63, 3.8) is 0 Å². The second-order valence-electron chi connectivity index (χ2n) is 7.36. The number of nitrogens with zero attached hydrogens (tertiary/aromatic N) is 3. The molecular formula is C17H29N3O3. The average Bonchev–Trinajstić information content (AvgIpc) is 2.89. The van der Waals surface area contributed by atoms with E-state index in [4.69, 9.17) is 4.74 Å². The van der Waals surface area contributed by atoms with Gasteiger partial charge in [0.25, 0.3) is 0 Å². The molecule has 0 saturated heterocycles. The van der Waals surface area contributed by atoms with Gasteiger partial charge in [-0.2, -0.15) is 5.10 Å². The van der Waals surface area contributed by atoms with E-state index in [9.17, 15) is 9.90 Å². The highest BCUT2D eigenvalue weighted by Gasteiger charge is 2.23. The van der Waals surface area contributed by atoms with Crippen molar-refractivity contribution in [2.45, 2.75) is 77.7 Å². The van der Waals surface area contributed by atoms with Crippen LogP contribution in [0.25, 0.3) is 0 Å². The minimum absolute atomic E-state index is 0.0281. The lowest BCUT2D eigenvalue weighted by Crippen LogP contribution is -2.34. The molecule has 0 radical (unpaired) electrons. The summed E-state index contributed by atoms with van der Waals surface area (Å²) < 4.78 is 7.31. The van der Waals surface area contributed by atoms with Gasteiger partial charge in [0.15, 0.2) is 0 Å². The summed E-state index contributed by atoms with van der Waals surface area (Å²) in [6.45, 7) is 5.89. The molecule has 1 saturated carbocycles. The predicted molar refractivity (Wildman–Crippen MR) is 88.0 cm³/mol. The Morgan fingerprint density at radius 3 is 2.61 bits per heavy atom. The van der Waals surface area contributed by atoms with E-state index in [1.807, 2.05) is 31.5 Å². The van der Waals surface area contributed by atoms with E-state index in [1.54, 1.807) is 7.05 Å². The highest BCUT2D eigenvalue weighted by Crippen LogP contribution is 2.29. The molecule has 0 atom stereocenters. The van der Waals surface area contributed by atoms with Crippen molar-refractivity contribution in [3.8, 4) is 0 Å². The number of hydrogen-bond acceptors (Lipinski definition) is 4. The Morgan fingerprint density at radius 2 is 2.04 bits per heavy atom. The number of carbonyl (C=O) groups is 1. The number of aliphatic hydroxyl groups excluding tert-OH is 1. The second kappa shape index (κ2) is 7.34. The van der Waals surface area contributed by atoms with Crippen LogP contribution in [0, 0.1) is 0 Å². The molecule has 1 amide bonds. The van der Waals surface area contributed by atoms with Gasteiger partial charge < -0.3 is 14.7 Å². The number of hydrogen-bond donors (Lipinski definition) is 1. The minimum Gasteiger partial charge on any atom is -0.444 e. The summed E-state index contributed by atoms with van der Waals surface area (Å²) in [5.74, 6) is 0. The van der Waals surface area contributed by atoms with Gasteiger partial charge in [0.1, 0.15) is 5.60 Å². The second-order valence-corrected chi connectivity index (χ2v) is 7.36. The SMILES string of the molecule is CN(Cc1cc(CO)n(C2CCCCC2)n1)C(=O)OC(C)(C)C. The maximum atomic E-state index is 12.0. The minimum atomic E-state index is -0.511. The molecule has 0 spiro atoms. The number of aromatic nitrogens is 2. The maximum Gasteiger partial charge on any atom is 0.410 e. The van der Waals surface area contributed by atoms with Crippen LogP contribution < -0.4 is 0 Å². The summed E-state index contributed by atoms with van der Waals surface area (Å²) in [6, 6.07) is 2.25. The van der Waals surface area contributed by atoms with Crippen molar-refractivity contribution in [1.29, 1.82) is 0 Å². The van der Waals surface area contributed by atoms with E-state index in [0.717, 1.165) is 24.2 Å². The first-order chi connectivity index (χ1) is 10.8. The molecule has 130 valence electrons. The molecular weight excluding hydrogens is 294 g/mol. The molecule has 0 aliphatic heterocycles. The summed E-state index contributed by atoms with van der Waals surface area (Å²) in [5, 5.41) is 14.2. The smallest absolute Gasteiger partial charge is 0.410 e. The zero-order chi connectivity index (χ0) is 17.0. The van der Waals surface area contributed by atoms with Crippen LogP contribution in [-0.4, -0.2) is 38.5 Å². The van der Waals surface area contributed by atoms with E-state index in [2.05, 4.69) is 5.10 Å². The Bertz CT molecular complexity index is 528. The molecule has 0 bridgehead atoms. The predicted octanol–water partition coefficient (Wildman–Crippen LogP) is 3.25. The summed E-state index contributed by atoms with van der Waals surface area (Å²) in [5.41, 5.74) is 1.10. The lowest BCUT2D eigenvalue weighted by Gasteiger charge is -2.24. The largest absolute Gasteiger partial charge is 0.444 e. The van der Waals surface area contributed by atoms with Gasteiger partial charge in [-0.15, -0.1) is 0 Å². The Balaban J connectivity index is 2.05. The molecule has 1 fully saturated rings. The van der Waals surface area contributed by atoms with E-state index in [1.165, 1.54) is 24.2 Å². The highest BCUT2D eigenvalue weighted by atomic mass is 16.6. The molecule has 1 aromatic rings. The monoisotopic (exact) mass is 323 g/mol. The van der Waals surface area contributed by atoms with Crippen LogP contribution in [0.4, 0.5) is 4.79 Å². The molecule has 2 rings (SSSR count). The van der Waals surface area contributed by atoms with Crippen molar-refractivity contribution < 1.29 is 14.6 Å². The van der Waals surface area contributed by atoms with E-state index >= 15 is 0 Å². The molecule has 0 aromatic carbocycles. The van der Waals surface area contributed by atoms with Crippen molar-refractivity contribution in [3.05, 3.63) is 17.5 Å². The average molecular weight is 323 g/mol. The Labute approximate surface area is 138 Å². The standard InChI is InChI=1S/C17H29N3O3/c1-17(2,3)23-16(22)19(4)11-13-10-15(12-21)20(18-13)14-8-6-5-7-9-14/h10,14,21H,5-9,11-12H2,1-4H3. The lowest BCUT2D eigenvalue weighted by atomic mass is 9.95. The molecule has 1 aromatic heterocycles. The van der Waals surface area contributed by atoms with E-state index in [0.29, 0.717) is 12.6 Å². The summed E-state index contributed by atoms with van der Waals surface area (Å²) in [4.78, 5) is 13.6. The molecule has 1 N–H and O–H groups in total. The third-order valence-electron chi connectivity index (χ3n) is 4.05. The molecule has 23 heavy (non-hydrogen) atoms. The molecule has 1 aliphatic rings. The molecule has 1 aliphatic carbocycles. The summed E-state index contributed by atoms with van der Waals surface area (Å²) in [7, 11) is 1.70. The summed E-state index contributed by atoms with van der Waals surface area (Å²) in [6.07, 6.45) is 5.55. The van der Waals surface area contributed by atoms with Gasteiger partial charge in [-0.25, -0.2) is 4.79 Å².